The zero-order valence-electron chi connectivity index (χ0n) is 11.8. The largest absolute Gasteiger partial charge is 0.493 e. The minimum absolute atomic E-state index is 0.0901. The number of nitrogens with one attached hydrogen (secondary N) is 1. The smallest absolute Gasteiger partial charge is 0.262 e. The molecule has 0 saturated heterocycles. The summed E-state index contributed by atoms with van der Waals surface area (Å²) in [6.45, 7) is 0.342. The van der Waals surface area contributed by atoms with E-state index in [2.05, 4.69) is 5.32 Å². The van der Waals surface area contributed by atoms with Gasteiger partial charge in [-0.1, -0.05) is 24.3 Å². The third kappa shape index (κ3) is 4.22. The number of rotatable bonds is 6. The third-order valence-corrected chi connectivity index (χ3v) is 2.87. The van der Waals surface area contributed by atoms with Crippen LogP contribution in [-0.2, 0) is 11.3 Å². The van der Waals surface area contributed by atoms with Crippen LogP contribution in [-0.4, -0.2) is 19.6 Å². The van der Waals surface area contributed by atoms with E-state index in [-0.39, 0.29) is 12.5 Å². The highest BCUT2D eigenvalue weighted by molar-refractivity contribution is 5.91. The first kappa shape index (κ1) is 14.9. The lowest BCUT2D eigenvalue weighted by Gasteiger charge is -2.11. The number of carbonyl (C=O) groups excluding carboxylic acids is 1. The van der Waals surface area contributed by atoms with Gasteiger partial charge in [0.05, 0.1) is 7.11 Å². The summed E-state index contributed by atoms with van der Waals surface area (Å²) >= 11 is 0. The first-order chi connectivity index (χ1) is 10.2. The molecule has 0 atom stereocenters. The lowest BCUT2D eigenvalue weighted by molar-refractivity contribution is -0.118. The molecule has 0 saturated carbocycles. The molecule has 0 aromatic heterocycles. The maximum Gasteiger partial charge on any atom is 0.262 e. The number of amides is 1. The molecule has 3 N–H and O–H groups in total. The van der Waals surface area contributed by atoms with Crippen molar-refractivity contribution in [2.24, 2.45) is 5.73 Å². The van der Waals surface area contributed by atoms with Crippen LogP contribution in [0.25, 0.3) is 0 Å². The molecular formula is C16H18N2O3. The molecule has 0 aliphatic heterocycles. The van der Waals surface area contributed by atoms with Gasteiger partial charge in [-0.3, -0.25) is 4.79 Å². The van der Waals surface area contributed by atoms with Gasteiger partial charge in [0.15, 0.2) is 18.1 Å². The normalized spacial score (nSPS) is 10.0. The van der Waals surface area contributed by atoms with Gasteiger partial charge < -0.3 is 20.5 Å². The quantitative estimate of drug-likeness (QED) is 0.853. The van der Waals surface area contributed by atoms with Gasteiger partial charge in [0.25, 0.3) is 5.91 Å². The van der Waals surface area contributed by atoms with Crippen LogP contribution in [0.3, 0.4) is 0 Å². The van der Waals surface area contributed by atoms with Crippen LogP contribution in [0.1, 0.15) is 5.56 Å². The Labute approximate surface area is 123 Å². The third-order valence-electron chi connectivity index (χ3n) is 2.87. The van der Waals surface area contributed by atoms with Crippen molar-refractivity contribution in [1.29, 1.82) is 0 Å². The van der Waals surface area contributed by atoms with Gasteiger partial charge in [-0.2, -0.15) is 0 Å². The SMILES string of the molecule is COc1ccccc1OCC(=O)Nc1cccc(CN)c1. The van der Waals surface area contributed by atoms with Crippen molar-refractivity contribution in [2.45, 2.75) is 6.54 Å². The van der Waals surface area contributed by atoms with E-state index in [4.69, 9.17) is 15.2 Å². The Balaban J connectivity index is 1.92. The lowest BCUT2D eigenvalue weighted by atomic mass is 10.2. The molecule has 0 spiro atoms. The fraction of sp³-hybridized carbons (Fsp3) is 0.188. The van der Waals surface area contributed by atoms with Gasteiger partial charge in [-0.15, -0.1) is 0 Å². The lowest BCUT2D eigenvalue weighted by Crippen LogP contribution is -2.20. The molecule has 0 heterocycles. The molecule has 2 rings (SSSR count). The summed E-state index contributed by atoms with van der Waals surface area (Å²) in [6, 6.07) is 14.6. The van der Waals surface area contributed by atoms with Crippen molar-refractivity contribution in [3.63, 3.8) is 0 Å². The Bertz CT molecular complexity index is 614. The minimum Gasteiger partial charge on any atom is -0.493 e. The van der Waals surface area contributed by atoms with Crippen molar-refractivity contribution in [3.05, 3.63) is 54.1 Å². The van der Waals surface area contributed by atoms with Crippen LogP contribution >= 0.6 is 0 Å². The van der Waals surface area contributed by atoms with E-state index in [1.807, 2.05) is 30.3 Å². The highest BCUT2D eigenvalue weighted by Crippen LogP contribution is 2.25. The fourth-order valence-electron chi connectivity index (χ4n) is 1.85. The van der Waals surface area contributed by atoms with Crippen LogP contribution in [0, 0.1) is 0 Å². The highest BCUT2D eigenvalue weighted by Gasteiger charge is 2.07. The highest BCUT2D eigenvalue weighted by atomic mass is 16.5. The molecular weight excluding hydrogens is 268 g/mol. The number of carbonyl (C=O) groups is 1. The number of anilines is 1. The van der Waals surface area contributed by atoms with Crippen LogP contribution in [0.15, 0.2) is 48.5 Å². The molecule has 110 valence electrons. The van der Waals surface area contributed by atoms with Crippen LogP contribution < -0.4 is 20.5 Å². The molecule has 1 amide bonds. The molecule has 5 nitrogen and oxygen atoms in total. The van der Waals surface area contributed by atoms with Crippen molar-refractivity contribution in [2.75, 3.05) is 19.0 Å². The molecule has 0 aliphatic rings. The van der Waals surface area contributed by atoms with Gasteiger partial charge in [0.1, 0.15) is 0 Å². The predicted octanol–water partition coefficient (Wildman–Crippen LogP) is 2.17. The molecule has 5 heteroatoms. The number of nitrogens with two attached hydrogens (primary N) is 1. The Morgan fingerprint density at radius 2 is 1.90 bits per heavy atom. The van der Waals surface area contributed by atoms with E-state index < -0.39 is 0 Å². The van der Waals surface area contributed by atoms with E-state index >= 15 is 0 Å². The average molecular weight is 286 g/mol. The number of benzene rings is 2. The maximum absolute atomic E-state index is 11.9. The van der Waals surface area contributed by atoms with Crippen molar-refractivity contribution in [3.8, 4) is 11.5 Å². The van der Waals surface area contributed by atoms with Gasteiger partial charge in [0, 0.05) is 12.2 Å². The fourth-order valence-corrected chi connectivity index (χ4v) is 1.85. The maximum atomic E-state index is 11.9. The molecule has 0 aliphatic carbocycles. The Kier molecular flexibility index (Phi) is 5.17. The number of ether oxygens (including phenoxy) is 2. The minimum atomic E-state index is -0.241. The summed E-state index contributed by atoms with van der Waals surface area (Å²) in [7, 11) is 1.56. The van der Waals surface area contributed by atoms with Gasteiger partial charge in [0.2, 0.25) is 0 Å². The first-order valence-electron chi connectivity index (χ1n) is 6.57. The van der Waals surface area contributed by atoms with Crippen molar-refractivity contribution < 1.29 is 14.3 Å². The Morgan fingerprint density at radius 1 is 1.14 bits per heavy atom. The van der Waals surface area contributed by atoms with E-state index in [0.717, 1.165) is 5.56 Å². The average Bonchev–Trinajstić information content (AvgIpc) is 2.53. The Morgan fingerprint density at radius 3 is 2.62 bits per heavy atom. The Hall–Kier alpha value is -2.53. The molecule has 0 bridgehead atoms. The number of para-hydroxylation sites is 2. The number of hydrogen-bond acceptors (Lipinski definition) is 4. The van der Waals surface area contributed by atoms with E-state index in [1.165, 1.54) is 0 Å². The van der Waals surface area contributed by atoms with E-state index in [9.17, 15) is 4.79 Å². The second kappa shape index (κ2) is 7.31. The summed E-state index contributed by atoms with van der Waals surface area (Å²) < 4.78 is 10.6. The monoisotopic (exact) mass is 286 g/mol. The second-order valence-corrected chi connectivity index (χ2v) is 4.39. The van der Waals surface area contributed by atoms with Crippen LogP contribution in [0.4, 0.5) is 5.69 Å². The zero-order chi connectivity index (χ0) is 15.1. The topological polar surface area (TPSA) is 73.6 Å². The van der Waals surface area contributed by atoms with E-state index in [1.54, 1.807) is 25.3 Å². The summed E-state index contributed by atoms with van der Waals surface area (Å²) in [4.78, 5) is 11.9. The molecule has 0 unspecified atom stereocenters. The molecule has 2 aromatic carbocycles. The summed E-state index contributed by atoms with van der Waals surface area (Å²) in [5, 5.41) is 2.76. The van der Waals surface area contributed by atoms with Crippen LogP contribution in [0.5, 0.6) is 11.5 Å². The van der Waals surface area contributed by atoms with Gasteiger partial charge >= 0.3 is 0 Å². The standard InChI is InChI=1S/C16H18N2O3/c1-20-14-7-2-3-8-15(14)21-11-16(19)18-13-6-4-5-12(9-13)10-17/h2-9H,10-11,17H2,1H3,(H,18,19). The zero-order valence-corrected chi connectivity index (χ0v) is 11.8. The molecule has 21 heavy (non-hydrogen) atoms. The summed E-state index contributed by atoms with van der Waals surface area (Å²) in [6.07, 6.45) is 0. The number of methoxy groups -OCH3 is 1. The second-order valence-electron chi connectivity index (χ2n) is 4.39. The summed E-state index contributed by atoms with van der Waals surface area (Å²) in [5.74, 6) is 0.886. The van der Waals surface area contributed by atoms with E-state index in [0.29, 0.717) is 23.7 Å². The van der Waals surface area contributed by atoms with Crippen molar-refractivity contribution >= 4 is 11.6 Å². The van der Waals surface area contributed by atoms with Crippen LogP contribution in [0.2, 0.25) is 0 Å². The van der Waals surface area contributed by atoms with Gasteiger partial charge in [-0.05, 0) is 29.8 Å². The van der Waals surface area contributed by atoms with Crippen molar-refractivity contribution in [1.82, 2.24) is 0 Å². The number of hydrogen-bond donors (Lipinski definition) is 2. The molecule has 0 radical (unpaired) electrons. The molecule has 2 aromatic rings. The van der Waals surface area contributed by atoms with Gasteiger partial charge in [-0.25, -0.2) is 0 Å². The molecule has 0 fully saturated rings. The first-order valence-corrected chi connectivity index (χ1v) is 6.57. The predicted molar refractivity (Wildman–Crippen MR) is 81.5 cm³/mol. The summed E-state index contributed by atoms with van der Waals surface area (Å²) in [5.41, 5.74) is 7.22.